The van der Waals surface area contributed by atoms with E-state index in [1.165, 1.54) is 0 Å². The zero-order chi connectivity index (χ0) is 58.2. The number of aromatic nitrogens is 5. The fraction of sp³-hybridized carbons (Fsp3) is 0.224. The molecule has 3 aromatic heterocycles. The van der Waals surface area contributed by atoms with Crippen molar-refractivity contribution in [2.24, 2.45) is 0 Å². The van der Waals surface area contributed by atoms with Crippen molar-refractivity contribution in [2.45, 2.75) is 85.3 Å². The molecule has 0 atom stereocenters. The van der Waals surface area contributed by atoms with Gasteiger partial charge in [0.05, 0.1) is 5.69 Å². The molecular weight excluding hydrogens is 1000 g/mol. The molecule has 0 saturated carbocycles. The van der Waals surface area contributed by atoms with Crippen molar-refractivity contribution < 1.29 is 41.9 Å². The van der Waals surface area contributed by atoms with E-state index in [0.717, 1.165) is 16.8 Å². The molecule has 0 spiro atoms. The van der Waals surface area contributed by atoms with Crippen molar-refractivity contribution in [1.82, 2.24) is 23.8 Å². The number of pyridine rings is 1. The van der Waals surface area contributed by atoms with Crippen molar-refractivity contribution in [1.29, 1.82) is 0 Å². The average molecular weight is 1070 g/mol. The molecule has 1 aliphatic heterocycles. The number of para-hydroxylation sites is 2. The van der Waals surface area contributed by atoms with Crippen molar-refractivity contribution in [2.75, 3.05) is 4.81 Å². The molecule has 10 rings (SSSR count). The van der Waals surface area contributed by atoms with E-state index in [0.29, 0.717) is 54.8 Å². The molecule has 0 fully saturated rings. The number of benzene rings is 6. The molecule has 1 aliphatic rings. The molecule has 0 saturated heterocycles. The SMILES string of the molecule is [2H]c1c([2H])c([2H])c(-c2cc(C(C)(C)C)cc(-c3c([2H])c([2H])c([2H])c([2H])c3[2H])c2-n2[c](=[Pt])n(-c3cccc(Oc4ccc5c(c4)N(c4cc(C(C)(C)C)ccn4)B(C([2H])([2H])[2H])n4nc(C(C)(C)C)cc4-5)c3)c3ccccc32)c([2H])c1[2H]. The summed E-state index contributed by atoms with van der Waals surface area (Å²) in [6.07, 6.45) is 1.70. The Morgan fingerprint density at radius 2 is 1.24 bits per heavy atom. The molecule has 9 heteroatoms. The molecule has 4 heterocycles. The summed E-state index contributed by atoms with van der Waals surface area (Å²) in [7, 11) is 0. The van der Waals surface area contributed by atoms with Crippen molar-refractivity contribution in [3.05, 3.63) is 184 Å². The van der Waals surface area contributed by atoms with Crippen LogP contribution in [0.15, 0.2) is 164 Å². The molecule has 0 radical (unpaired) electrons. The molecule has 0 bridgehead atoms. The normalized spacial score (nSPS) is 15.9. The van der Waals surface area contributed by atoms with Gasteiger partial charge in [0.15, 0.2) is 0 Å². The average Bonchev–Trinajstić information content (AvgIpc) is 4.07. The van der Waals surface area contributed by atoms with E-state index in [2.05, 4.69) is 40.1 Å². The Bertz CT molecular complexity index is 3960. The number of nitrogens with zero attached hydrogens (tertiary/aromatic N) is 6. The van der Waals surface area contributed by atoms with Gasteiger partial charge in [-0.05, 0) is 17.0 Å². The third-order valence-corrected chi connectivity index (χ3v) is 13.1. The van der Waals surface area contributed by atoms with Gasteiger partial charge in [-0.2, -0.15) is 5.10 Å². The maximum absolute atomic E-state index is 9.32. The molecule has 9 aromatic rings. The topological polar surface area (TPSA) is 53.0 Å². The summed E-state index contributed by atoms with van der Waals surface area (Å²) in [5, 5.41) is 4.96. The Morgan fingerprint density at radius 3 is 1.85 bits per heavy atom. The number of fused-ring (bicyclic) bond motifs is 4. The Morgan fingerprint density at radius 1 is 0.612 bits per heavy atom. The van der Waals surface area contributed by atoms with Gasteiger partial charge in [0, 0.05) is 15.7 Å². The summed E-state index contributed by atoms with van der Waals surface area (Å²) in [6, 6.07) is 24.4. The van der Waals surface area contributed by atoms with Gasteiger partial charge < -0.3 is 0 Å². The fourth-order valence-electron chi connectivity index (χ4n) is 8.50. The first-order valence-corrected chi connectivity index (χ1v) is 23.2. The summed E-state index contributed by atoms with van der Waals surface area (Å²) in [4.78, 5) is 6.51. The number of rotatable bonds is 7. The molecule has 0 amide bonds. The molecule has 0 unspecified atom stereocenters. The number of anilines is 2. The zero-order valence-corrected chi connectivity index (χ0v) is 41.1. The van der Waals surface area contributed by atoms with E-state index in [-0.39, 0.29) is 33.4 Å². The van der Waals surface area contributed by atoms with Crippen LogP contribution in [0.2, 0.25) is 6.75 Å². The van der Waals surface area contributed by atoms with Crippen LogP contribution in [0.3, 0.4) is 0 Å². The first-order valence-electron chi connectivity index (χ1n) is 28.6. The number of hydrogen-bond acceptors (Lipinski definition) is 4. The van der Waals surface area contributed by atoms with Crippen LogP contribution in [0, 0.1) is 3.80 Å². The molecule has 6 aromatic carbocycles. The molecule has 67 heavy (non-hydrogen) atoms. The van der Waals surface area contributed by atoms with Crippen LogP contribution < -0.4 is 9.55 Å². The monoisotopic (exact) mass is 1070 g/mol. The second-order valence-corrected chi connectivity index (χ2v) is 20.9. The van der Waals surface area contributed by atoms with Crippen molar-refractivity contribution >= 4 is 29.5 Å². The molecule has 7 nitrogen and oxygen atoms in total. The molecular formula is C58H57BN6OPt. The molecule has 338 valence electrons. The zero-order valence-electron chi connectivity index (χ0n) is 51.8. The van der Waals surface area contributed by atoms with Gasteiger partial charge in [-0.15, -0.1) is 0 Å². The van der Waals surface area contributed by atoms with Crippen LogP contribution in [-0.2, 0) is 35.6 Å². The quantitative estimate of drug-likeness (QED) is 0.149. The van der Waals surface area contributed by atoms with E-state index >= 15 is 0 Å². The van der Waals surface area contributed by atoms with Crippen LogP contribution in [0.4, 0.5) is 11.5 Å². The predicted molar refractivity (Wildman–Crippen MR) is 274 cm³/mol. The number of hydrogen-bond donors (Lipinski definition) is 0. The number of imidazole rings is 1. The van der Waals surface area contributed by atoms with Crippen LogP contribution >= 0.6 is 0 Å². The Labute approximate surface area is 424 Å². The minimum absolute atomic E-state index is 0.132. The number of ether oxygens (including phenoxy) is 1. The van der Waals surface area contributed by atoms with Crippen LogP contribution in [-0.4, -0.2) is 30.8 Å². The van der Waals surface area contributed by atoms with E-state index in [9.17, 15) is 5.48 Å². The summed E-state index contributed by atoms with van der Waals surface area (Å²) in [6.45, 7) is 14.3. The van der Waals surface area contributed by atoms with Gasteiger partial charge in [0.2, 0.25) is 0 Å². The minimum atomic E-state index is -2.58. The fourth-order valence-corrected chi connectivity index (χ4v) is 9.59. The second-order valence-electron chi connectivity index (χ2n) is 19.9. The first-order chi connectivity index (χ1) is 37.3. The van der Waals surface area contributed by atoms with Crippen molar-refractivity contribution in [3.63, 3.8) is 0 Å². The third kappa shape index (κ3) is 8.14. The van der Waals surface area contributed by atoms with Gasteiger partial charge in [-0.3, -0.25) is 0 Å². The van der Waals surface area contributed by atoms with Crippen molar-refractivity contribution in [3.8, 4) is 56.4 Å². The first kappa shape index (κ1) is 31.5. The van der Waals surface area contributed by atoms with Gasteiger partial charge in [-0.25, -0.2) is 0 Å². The van der Waals surface area contributed by atoms with Gasteiger partial charge in [0.1, 0.15) is 0 Å². The summed E-state index contributed by atoms with van der Waals surface area (Å²) in [5.74, 6) is 1.25. The van der Waals surface area contributed by atoms with Gasteiger partial charge >= 0.3 is 341 Å². The molecule has 0 aliphatic carbocycles. The van der Waals surface area contributed by atoms with Crippen LogP contribution in [0.25, 0.3) is 55.9 Å². The summed E-state index contributed by atoms with van der Waals surface area (Å²) >= 11 is 2.16. The predicted octanol–water partition coefficient (Wildman–Crippen LogP) is 14.9. The van der Waals surface area contributed by atoms with E-state index in [1.807, 2.05) is 130 Å². The van der Waals surface area contributed by atoms with E-state index in [1.54, 1.807) is 33.8 Å². The van der Waals surface area contributed by atoms with Crippen LogP contribution in [0.5, 0.6) is 11.5 Å². The second kappa shape index (κ2) is 16.7. The van der Waals surface area contributed by atoms with E-state index in [4.69, 9.17) is 27.2 Å². The van der Waals surface area contributed by atoms with Gasteiger partial charge in [-0.1, -0.05) is 41.5 Å². The Hall–Kier alpha value is -6.50. The summed E-state index contributed by atoms with van der Waals surface area (Å²) in [5.41, 5.74) is 5.07. The Balaban J connectivity index is 1.20. The van der Waals surface area contributed by atoms with E-state index < -0.39 is 85.0 Å². The standard InChI is InChI=1S/C58H57BN6O.Pt/c1-56(2,3)41-30-31-60-54(34-41)64-51-36-45(28-29-46(51)52-37-53(58(7,8)9)61-65(52)59(64)10)66-44-25-19-24-43(35-44)62-38-63(50-27-18-17-26-49(50)62)55-47(39-20-13-11-14-21-39)32-42(57(4,5)6)33-48(55)40-22-15-12-16-23-40;/h11-37H,1-10H3;/i10D3,11D,12D,13D,14D,15D,16D,20D,21D,22D,23D;. The maximum atomic E-state index is 9.32. The molecule has 0 N–H and O–H groups in total. The summed E-state index contributed by atoms with van der Waals surface area (Å²) < 4.78 is 129. The van der Waals surface area contributed by atoms with Crippen LogP contribution in [0.1, 0.15) is 97.0 Å². The third-order valence-electron chi connectivity index (χ3n) is 12.1. The Kier molecular flexibility index (Phi) is 7.83. The van der Waals surface area contributed by atoms with Gasteiger partial charge in [0.25, 0.3) is 0 Å².